The number of hydrogen-bond acceptors (Lipinski definition) is 4. The average molecular weight is 493 g/mol. The van der Waals surface area contributed by atoms with Crippen LogP contribution in [0.4, 0.5) is 13.2 Å². The van der Waals surface area contributed by atoms with Gasteiger partial charge in [0.25, 0.3) is 0 Å². The Morgan fingerprint density at radius 3 is 2.43 bits per heavy atom. The van der Waals surface area contributed by atoms with E-state index < -0.39 is 29.5 Å². The fraction of sp³-hybridized carbons (Fsp3) is 0.600. The number of carbonyl (C=O) groups excluding carboxylic acids is 3. The van der Waals surface area contributed by atoms with E-state index >= 15 is 0 Å². The molecule has 2 aliphatic rings. The summed E-state index contributed by atoms with van der Waals surface area (Å²) in [5.74, 6) is -1.22. The van der Waals surface area contributed by atoms with E-state index in [2.05, 4.69) is 10.6 Å². The summed E-state index contributed by atoms with van der Waals surface area (Å²) >= 11 is 0. The van der Waals surface area contributed by atoms with Gasteiger partial charge in [0.1, 0.15) is 5.54 Å². The van der Waals surface area contributed by atoms with Gasteiger partial charge in [-0.15, -0.1) is 0 Å². The molecule has 190 valence electrons. The van der Waals surface area contributed by atoms with Gasteiger partial charge in [-0.3, -0.25) is 14.4 Å². The summed E-state index contributed by atoms with van der Waals surface area (Å²) in [7, 11) is 0. The molecule has 0 unspecified atom stereocenters. The Balaban J connectivity index is 1.62. The van der Waals surface area contributed by atoms with Crippen LogP contribution in [-0.2, 0) is 27.3 Å². The van der Waals surface area contributed by atoms with Crippen LogP contribution in [0.3, 0.4) is 0 Å². The number of halogens is 3. The smallest absolute Gasteiger partial charge is 0.352 e. The zero-order valence-electron chi connectivity index (χ0n) is 20.2. The van der Waals surface area contributed by atoms with Gasteiger partial charge in [-0.1, -0.05) is 26.8 Å². The maximum atomic E-state index is 13.2. The third-order valence-corrected chi connectivity index (χ3v) is 6.45. The molecule has 1 atom stereocenters. The first-order valence-electron chi connectivity index (χ1n) is 11.7. The number of amides is 3. The molecule has 1 heterocycles. The fourth-order valence-electron chi connectivity index (χ4n) is 4.18. The van der Waals surface area contributed by atoms with E-state index in [-0.39, 0.29) is 41.9 Å². The van der Waals surface area contributed by atoms with E-state index in [1.807, 2.05) is 6.07 Å². The van der Waals surface area contributed by atoms with Crippen molar-refractivity contribution in [1.82, 2.24) is 15.5 Å². The van der Waals surface area contributed by atoms with Crippen molar-refractivity contribution in [3.05, 3.63) is 34.9 Å². The second kappa shape index (κ2) is 9.88. The molecule has 1 aliphatic heterocycles. The minimum atomic E-state index is -4.45. The lowest BCUT2D eigenvalue weighted by atomic mass is 9.94. The summed E-state index contributed by atoms with van der Waals surface area (Å²) in [5.41, 5.74) is -1.18. The summed E-state index contributed by atoms with van der Waals surface area (Å²) in [6, 6.07) is 5.86. The van der Waals surface area contributed by atoms with Crippen LogP contribution in [0.5, 0.6) is 0 Å². The highest BCUT2D eigenvalue weighted by Crippen LogP contribution is 2.39. The van der Waals surface area contributed by atoms with Crippen molar-refractivity contribution < 1.29 is 27.6 Å². The highest BCUT2D eigenvalue weighted by molar-refractivity contribution is 5.95. The molecular formula is C25H31F3N4O3. The van der Waals surface area contributed by atoms with Crippen LogP contribution in [0.15, 0.2) is 18.2 Å². The summed E-state index contributed by atoms with van der Waals surface area (Å²) in [5, 5.41) is 14.6. The zero-order chi connectivity index (χ0) is 26.0. The number of likely N-dealkylation sites (tertiary alicyclic amines) is 1. The molecule has 0 radical (unpaired) electrons. The highest BCUT2D eigenvalue weighted by Gasteiger charge is 2.54. The van der Waals surface area contributed by atoms with Crippen LogP contribution in [-0.4, -0.2) is 47.4 Å². The predicted molar refractivity (Wildman–Crippen MR) is 122 cm³/mol. The molecule has 0 spiro atoms. The second-order valence-corrected chi connectivity index (χ2v) is 10.5. The molecule has 1 aromatic carbocycles. The third kappa shape index (κ3) is 6.74. The van der Waals surface area contributed by atoms with Crippen molar-refractivity contribution in [2.24, 2.45) is 11.3 Å². The minimum Gasteiger partial charge on any atom is -0.352 e. The van der Waals surface area contributed by atoms with Crippen LogP contribution in [0.25, 0.3) is 0 Å². The first kappa shape index (κ1) is 26.5. The lowest BCUT2D eigenvalue weighted by Crippen LogP contribution is -2.56. The van der Waals surface area contributed by atoms with E-state index in [1.54, 1.807) is 25.7 Å². The maximum absolute atomic E-state index is 13.2. The van der Waals surface area contributed by atoms with Gasteiger partial charge in [0.2, 0.25) is 17.7 Å². The van der Waals surface area contributed by atoms with Crippen molar-refractivity contribution >= 4 is 17.7 Å². The van der Waals surface area contributed by atoms with Gasteiger partial charge in [-0.05, 0) is 48.9 Å². The summed E-state index contributed by atoms with van der Waals surface area (Å²) in [6.45, 7) is 5.90. The van der Waals surface area contributed by atoms with Crippen LogP contribution < -0.4 is 10.6 Å². The second-order valence-electron chi connectivity index (χ2n) is 10.5. The number of nitriles is 1. The molecule has 0 aromatic heterocycles. The van der Waals surface area contributed by atoms with E-state index in [4.69, 9.17) is 5.26 Å². The number of rotatable bonds is 6. The van der Waals surface area contributed by atoms with Gasteiger partial charge in [-0.2, -0.15) is 18.4 Å². The SMILES string of the molecule is CC(C)(C)C(=O)NC1(C(=O)N2CCC[C@@H](C(=O)NCc3ccc(C#N)cc3CC(F)(F)F)C2)CC1. The van der Waals surface area contributed by atoms with E-state index in [1.165, 1.54) is 18.2 Å². The maximum Gasteiger partial charge on any atom is 0.393 e. The van der Waals surface area contributed by atoms with Crippen molar-refractivity contribution in [2.75, 3.05) is 13.1 Å². The lowest BCUT2D eigenvalue weighted by Gasteiger charge is -2.35. The molecule has 1 aromatic rings. The lowest BCUT2D eigenvalue weighted by molar-refractivity contribution is -0.142. The Bertz CT molecular complexity index is 1040. The van der Waals surface area contributed by atoms with Gasteiger partial charge in [0.15, 0.2) is 0 Å². The van der Waals surface area contributed by atoms with E-state index in [0.717, 1.165) is 0 Å². The normalized spacial score (nSPS) is 19.5. The number of nitrogens with one attached hydrogen (secondary N) is 2. The molecule has 7 nitrogen and oxygen atoms in total. The molecule has 35 heavy (non-hydrogen) atoms. The Morgan fingerprint density at radius 1 is 1.17 bits per heavy atom. The summed E-state index contributed by atoms with van der Waals surface area (Å²) < 4.78 is 38.9. The zero-order valence-corrected chi connectivity index (χ0v) is 20.2. The standard InChI is InChI=1S/C25H31F3N4O3/c1-23(2,3)21(34)31-24(8-9-24)22(35)32-10-4-5-18(15-32)20(33)30-14-17-7-6-16(13-29)11-19(17)12-25(26,27)28/h6-7,11,18H,4-5,8-10,12,14-15H2,1-3H3,(H,30,33)(H,31,34)/t18-/m1/s1. The summed E-state index contributed by atoms with van der Waals surface area (Å²) in [4.78, 5) is 40.0. The van der Waals surface area contributed by atoms with Crippen molar-refractivity contribution in [3.63, 3.8) is 0 Å². The highest BCUT2D eigenvalue weighted by atomic mass is 19.4. The minimum absolute atomic E-state index is 0.0532. The average Bonchev–Trinajstić information content (AvgIpc) is 3.56. The third-order valence-electron chi connectivity index (χ3n) is 6.45. The monoisotopic (exact) mass is 492 g/mol. The van der Waals surface area contributed by atoms with Crippen LogP contribution >= 0.6 is 0 Å². The molecule has 3 amide bonds. The fourth-order valence-corrected chi connectivity index (χ4v) is 4.18. The Morgan fingerprint density at radius 2 is 1.86 bits per heavy atom. The van der Waals surface area contributed by atoms with Crippen molar-refractivity contribution in [2.45, 2.75) is 71.1 Å². The van der Waals surface area contributed by atoms with Gasteiger partial charge in [0, 0.05) is 25.0 Å². The Labute approximate surface area is 203 Å². The Hall–Kier alpha value is -3.09. The molecule has 2 N–H and O–H groups in total. The van der Waals surface area contributed by atoms with Crippen LogP contribution in [0.1, 0.15) is 63.1 Å². The molecular weight excluding hydrogens is 461 g/mol. The number of hydrogen-bond donors (Lipinski definition) is 2. The number of nitrogens with zero attached hydrogens (tertiary/aromatic N) is 2. The molecule has 1 aliphatic carbocycles. The number of carbonyl (C=O) groups is 3. The first-order chi connectivity index (χ1) is 16.2. The number of benzene rings is 1. The predicted octanol–water partition coefficient (Wildman–Crippen LogP) is 3.21. The van der Waals surface area contributed by atoms with E-state index in [0.29, 0.717) is 37.8 Å². The summed E-state index contributed by atoms with van der Waals surface area (Å²) in [6.07, 6.45) is -3.35. The topological polar surface area (TPSA) is 102 Å². The Kier molecular flexibility index (Phi) is 7.48. The first-order valence-corrected chi connectivity index (χ1v) is 11.7. The molecule has 0 bridgehead atoms. The number of piperidine rings is 1. The molecule has 10 heteroatoms. The quantitative estimate of drug-likeness (QED) is 0.637. The van der Waals surface area contributed by atoms with Crippen LogP contribution in [0, 0.1) is 22.7 Å². The van der Waals surface area contributed by atoms with Crippen LogP contribution in [0.2, 0.25) is 0 Å². The van der Waals surface area contributed by atoms with Gasteiger partial charge < -0.3 is 15.5 Å². The molecule has 1 saturated carbocycles. The largest absolute Gasteiger partial charge is 0.393 e. The molecule has 2 fully saturated rings. The van der Waals surface area contributed by atoms with Gasteiger partial charge in [-0.25, -0.2) is 0 Å². The number of alkyl halides is 3. The molecule has 1 saturated heterocycles. The van der Waals surface area contributed by atoms with E-state index in [9.17, 15) is 27.6 Å². The van der Waals surface area contributed by atoms with Crippen molar-refractivity contribution in [1.29, 1.82) is 5.26 Å². The van der Waals surface area contributed by atoms with Crippen molar-refractivity contribution in [3.8, 4) is 6.07 Å². The van der Waals surface area contributed by atoms with Gasteiger partial charge in [0.05, 0.1) is 24.0 Å². The molecule has 3 rings (SSSR count). The van der Waals surface area contributed by atoms with Gasteiger partial charge >= 0.3 is 6.18 Å².